The summed E-state index contributed by atoms with van der Waals surface area (Å²) in [6, 6.07) is 24.0. The predicted octanol–water partition coefficient (Wildman–Crippen LogP) is 17.9. The van der Waals surface area contributed by atoms with Gasteiger partial charge in [-0.3, -0.25) is 24.3 Å². The number of piperazine rings is 3. The maximum Gasteiger partial charge on any atom is 0.416 e. The largest absolute Gasteiger partial charge is 0.479 e. The number of ketones is 2. The fourth-order valence-electron chi connectivity index (χ4n) is 18.7. The van der Waals surface area contributed by atoms with E-state index in [1.807, 2.05) is 6.92 Å². The van der Waals surface area contributed by atoms with Crippen molar-refractivity contribution < 1.29 is 115 Å². The Balaban J connectivity index is 0.000000162. The van der Waals surface area contributed by atoms with E-state index in [2.05, 4.69) is 48.0 Å². The van der Waals surface area contributed by atoms with Crippen LogP contribution >= 0.6 is 34.8 Å². The van der Waals surface area contributed by atoms with Crippen LogP contribution in [0.25, 0.3) is 0 Å². The summed E-state index contributed by atoms with van der Waals surface area (Å²) < 4.78 is 186. The second-order valence-corrected chi connectivity index (χ2v) is 35.6. The lowest BCUT2D eigenvalue weighted by Gasteiger charge is -2.48. The molecule has 15 rings (SSSR count). The third-order valence-electron chi connectivity index (χ3n) is 25.9. The third-order valence-corrected chi connectivity index (χ3v) is 26.6. The molecule has 0 bridgehead atoms. The van der Waals surface area contributed by atoms with Crippen LogP contribution in [0.5, 0.6) is 0 Å². The number of nitrogens with zero attached hydrogens (tertiary/aromatic N) is 6. The zero-order valence-corrected chi connectivity index (χ0v) is 72.7. The molecular weight excluding hydrogens is 1730 g/mol. The van der Waals surface area contributed by atoms with Gasteiger partial charge in [0.25, 0.3) is 0 Å². The van der Waals surface area contributed by atoms with Crippen LogP contribution in [-0.4, -0.2) is 206 Å². The number of carbonyl (C=O) groups excluding carboxylic acids is 4. The van der Waals surface area contributed by atoms with Crippen LogP contribution in [0.4, 0.5) is 69.7 Å². The number of esters is 2. The van der Waals surface area contributed by atoms with Crippen LogP contribution in [0.3, 0.4) is 0 Å². The summed E-state index contributed by atoms with van der Waals surface area (Å²) in [4.78, 5) is 87.4. The monoisotopic (exact) mass is 1840 g/mol. The summed E-state index contributed by atoms with van der Waals surface area (Å²) in [7, 11) is 2.46. The quantitative estimate of drug-likeness (QED) is 0.0423. The van der Waals surface area contributed by atoms with Gasteiger partial charge in [0.05, 0.1) is 67.4 Å². The van der Waals surface area contributed by atoms with Crippen molar-refractivity contribution in [3.63, 3.8) is 0 Å². The third kappa shape index (κ3) is 23.1. The number of aliphatic carboxylic acids is 1. The minimum Gasteiger partial charge on any atom is -0.479 e. The highest BCUT2D eigenvalue weighted by atomic mass is 35.5. The molecule has 686 valence electrons. The van der Waals surface area contributed by atoms with Crippen molar-refractivity contribution in [3.8, 4) is 0 Å². The van der Waals surface area contributed by atoms with E-state index in [4.69, 9.17) is 59.5 Å². The van der Waals surface area contributed by atoms with Gasteiger partial charge in [0.2, 0.25) is 0 Å². The van der Waals surface area contributed by atoms with Crippen molar-refractivity contribution in [1.82, 2.24) is 14.7 Å². The highest BCUT2D eigenvalue weighted by Crippen LogP contribution is 2.52. The SMILES string of the molecule is COC(=O)c1cc(N2CCN([C@@H]3CC[C@@](C(=O)CCc4cc(Cl)cc(C(F)(F)F)c4)(C4CC4)OC3)C[C@@H]2C)ccc1F.COC(=O)c1cc(N2CCN([C@@H]3CC[C@@](C(=O)O)(C4CC4)OC3)C[C@@H]2C)ccc1F.C[C@H]1CN([C@@H]2CC[C@@](C(=O)CCc3cc(Cl)cc(C(F)(F)F)c3)(C3CC3)OC2)CCN1c1ccc(F)c(C(=O)O)c1.NCc1cc(Cl)cc(C(F)(F)F)c1. The van der Waals surface area contributed by atoms with Crippen LogP contribution in [0.1, 0.15) is 175 Å². The summed E-state index contributed by atoms with van der Waals surface area (Å²) in [6.45, 7) is 14.0. The van der Waals surface area contributed by atoms with Crippen molar-refractivity contribution in [2.75, 3.05) is 108 Å². The van der Waals surface area contributed by atoms with E-state index in [1.54, 1.807) is 24.3 Å². The number of rotatable bonds is 22. The molecule has 3 aliphatic carbocycles. The number of aromatic carboxylic acids is 1. The topological polar surface area (TPSA) is 234 Å². The number of aryl methyl sites for hydroxylation is 2. The number of anilines is 3. The maximum atomic E-state index is 14.2. The van der Waals surface area contributed by atoms with E-state index in [-0.39, 0.29) is 130 Å². The van der Waals surface area contributed by atoms with Gasteiger partial charge in [-0.1, -0.05) is 34.8 Å². The normalized spacial score (nSPS) is 25.2. The van der Waals surface area contributed by atoms with E-state index in [0.29, 0.717) is 87.6 Å². The number of nitrogens with two attached hydrogens (primary N) is 1. The molecule has 6 aliphatic heterocycles. The predicted molar refractivity (Wildman–Crippen MR) is 449 cm³/mol. The number of carboxylic acid groups (broad SMARTS) is 2. The first kappa shape index (κ1) is 96.8. The lowest BCUT2D eigenvalue weighted by Crippen LogP contribution is -2.59. The summed E-state index contributed by atoms with van der Waals surface area (Å²) in [5.41, 5.74) is 2.89. The molecule has 4 N–H and O–H groups in total. The molecule has 0 radical (unpaired) electrons. The average molecular weight is 1840 g/mol. The van der Waals surface area contributed by atoms with Gasteiger partial charge in [-0.2, -0.15) is 39.5 Å². The van der Waals surface area contributed by atoms with Crippen molar-refractivity contribution in [2.45, 2.75) is 202 Å². The van der Waals surface area contributed by atoms with Crippen LogP contribution in [0, 0.1) is 35.2 Å². The molecule has 9 atom stereocenters. The number of carbonyl (C=O) groups is 6. The van der Waals surface area contributed by atoms with Gasteiger partial charge in [-0.25, -0.2) is 32.3 Å². The Hall–Kier alpha value is -8.31. The van der Waals surface area contributed by atoms with Gasteiger partial charge in [-0.05, 0) is 254 Å². The molecule has 6 saturated heterocycles. The Kier molecular flexibility index (Phi) is 31.0. The second-order valence-electron chi connectivity index (χ2n) is 34.3. The first-order valence-corrected chi connectivity index (χ1v) is 43.5. The molecule has 20 nitrogen and oxygen atoms in total. The smallest absolute Gasteiger partial charge is 0.416 e. The average Bonchev–Trinajstić information content (AvgIpc) is 1.53. The molecule has 3 saturated carbocycles. The number of Topliss-reactive ketones (excluding diaryl/α,β-unsaturated/α-hetero) is 2. The Morgan fingerprint density at radius 2 is 0.730 bits per heavy atom. The van der Waals surface area contributed by atoms with Crippen molar-refractivity contribution >= 4 is 87.3 Å². The van der Waals surface area contributed by atoms with E-state index < -0.39 is 93.4 Å². The lowest BCUT2D eigenvalue weighted by molar-refractivity contribution is -0.182. The highest BCUT2D eigenvalue weighted by Gasteiger charge is 2.57. The Morgan fingerprint density at radius 1 is 0.429 bits per heavy atom. The van der Waals surface area contributed by atoms with Crippen LogP contribution in [-0.2, 0) is 76.0 Å². The number of halogens is 15. The summed E-state index contributed by atoms with van der Waals surface area (Å²) in [5.74, 6) is -5.16. The van der Waals surface area contributed by atoms with Crippen LogP contribution < -0.4 is 20.4 Å². The number of carboxylic acids is 2. The number of ether oxygens (including phenoxy) is 5. The van der Waals surface area contributed by atoms with Crippen LogP contribution in [0.2, 0.25) is 15.1 Å². The van der Waals surface area contributed by atoms with Crippen LogP contribution in [0.15, 0.2) is 109 Å². The molecule has 9 fully saturated rings. The van der Waals surface area contributed by atoms with E-state index in [0.717, 1.165) is 138 Å². The molecule has 6 aromatic rings. The number of benzene rings is 6. The molecule has 0 amide bonds. The highest BCUT2D eigenvalue weighted by molar-refractivity contribution is 6.31. The first-order chi connectivity index (χ1) is 59.6. The number of alkyl halides is 9. The molecular formula is C91H104Cl3F12N7O13. The van der Waals surface area contributed by atoms with Gasteiger partial charge in [0.15, 0.2) is 17.2 Å². The van der Waals surface area contributed by atoms with Gasteiger partial charge in [0.1, 0.15) is 28.7 Å². The van der Waals surface area contributed by atoms with Crippen molar-refractivity contribution in [2.24, 2.45) is 23.5 Å². The Labute approximate surface area is 738 Å². The molecule has 35 heteroatoms. The first-order valence-electron chi connectivity index (χ1n) is 42.4. The van der Waals surface area contributed by atoms with Gasteiger partial charge in [0, 0.05) is 147 Å². The summed E-state index contributed by atoms with van der Waals surface area (Å²) >= 11 is 17.3. The minimum absolute atomic E-state index is 0.00130. The van der Waals surface area contributed by atoms with E-state index in [9.17, 15) is 91.7 Å². The maximum absolute atomic E-state index is 14.2. The zero-order chi connectivity index (χ0) is 91.3. The van der Waals surface area contributed by atoms with E-state index in [1.165, 1.54) is 62.8 Å². The van der Waals surface area contributed by atoms with Crippen molar-refractivity contribution in [3.05, 3.63) is 192 Å². The second kappa shape index (κ2) is 40.4. The number of methoxy groups -OCH3 is 2. The van der Waals surface area contributed by atoms with Crippen molar-refractivity contribution in [1.29, 1.82) is 0 Å². The fraction of sp³-hybridized carbons (Fsp3) is 0.538. The molecule has 126 heavy (non-hydrogen) atoms. The van der Waals surface area contributed by atoms with E-state index >= 15 is 0 Å². The van der Waals surface area contributed by atoms with Gasteiger partial charge >= 0.3 is 42.4 Å². The molecule has 0 aromatic heterocycles. The lowest BCUT2D eigenvalue weighted by atomic mass is 9.81. The van der Waals surface area contributed by atoms with Gasteiger partial charge < -0.3 is 54.3 Å². The summed E-state index contributed by atoms with van der Waals surface area (Å²) in [6.07, 6.45) is -3.27. The molecule has 0 spiro atoms. The van der Waals surface area contributed by atoms with Gasteiger partial charge in [-0.15, -0.1) is 0 Å². The number of hydrogen-bond donors (Lipinski definition) is 3. The molecule has 6 aromatic carbocycles. The molecule has 6 heterocycles. The number of hydrogen-bond acceptors (Lipinski definition) is 18. The Morgan fingerprint density at radius 3 is 1.01 bits per heavy atom. The minimum atomic E-state index is -4.51. The zero-order valence-electron chi connectivity index (χ0n) is 70.4. The Bertz CT molecular complexity index is 4900. The molecule has 9 aliphatic rings. The fourth-order valence-corrected chi connectivity index (χ4v) is 19.5. The molecule has 0 unspecified atom stereocenters. The summed E-state index contributed by atoms with van der Waals surface area (Å²) in [5, 5.41) is 19.0. The standard InChI is InChI=1S/C31H35ClF4N2O4.C30H33ClF4N2O4.C22H29FN2O5.C8H7ClF3N/c1-19-17-37(11-12-38(19)24-6-7-27(33)26(16-24)29(40)41-2)25-9-10-30(42-18-25,21-4-5-21)28(39)8-3-20-13-22(31(34,35)36)15-23(32)14-20;1-18-16-36(10-11-37(18)23-5-6-26(32)25(15-23)28(39)40)24-8-9-29(41-17-24,20-3-4-20)27(38)7-2-19-12-21(30(33,34)35)14-22(31)13-19;1-14-12-24(17-7-8-22(21(27)28,30-13-17)15-3-4-15)9-10-25(14)16-5-6-19(23)18(11-16)20(26)29-2;9-7-2-5(4-13)1-6(3-7)8(10,11)12/h6-7,13-16,19,21,25H,3-5,8-12,17-18H2,1-2H3;5-6,12-15,18,20,24H,2-4,7-11,16-17H2,1H3,(H,39,40);5-6,11,14-15,17H,3-4,7-10,12-13H2,1-2H3,(H,27,28);1-3H,4,13H2/t19-,25+,30-;18-,24+,29-;14-,17+,22-;/m000./s1.